The van der Waals surface area contributed by atoms with Crippen LogP contribution in [-0.4, -0.2) is 9.55 Å². The van der Waals surface area contributed by atoms with Crippen LogP contribution < -0.4 is 0 Å². The van der Waals surface area contributed by atoms with E-state index in [4.69, 9.17) is 0 Å². The van der Waals surface area contributed by atoms with Crippen molar-refractivity contribution in [3.8, 4) is 11.1 Å². The van der Waals surface area contributed by atoms with Crippen molar-refractivity contribution >= 4 is 5.57 Å². The number of hydrogen-bond acceptors (Lipinski definition) is 1. The summed E-state index contributed by atoms with van der Waals surface area (Å²) in [6.07, 6.45) is 7.93. The first kappa shape index (κ1) is 10.7. The maximum atomic E-state index is 4.03. The van der Waals surface area contributed by atoms with Gasteiger partial charge in [0.05, 0.1) is 0 Å². The molecule has 2 heteroatoms. The Labute approximate surface area is 96.3 Å². The minimum Gasteiger partial charge on any atom is -0.350 e. The lowest BCUT2D eigenvalue weighted by molar-refractivity contribution is 0.908. The lowest BCUT2D eigenvalue weighted by Crippen LogP contribution is -1.90. The summed E-state index contributed by atoms with van der Waals surface area (Å²) in [5.41, 5.74) is 5.00. The third-order valence-electron chi connectivity index (χ3n) is 2.86. The molecule has 0 bridgehead atoms. The van der Waals surface area contributed by atoms with Crippen LogP contribution in [0.3, 0.4) is 0 Å². The summed E-state index contributed by atoms with van der Waals surface area (Å²) in [5, 5.41) is 0. The van der Waals surface area contributed by atoms with Crippen molar-refractivity contribution in [1.82, 2.24) is 9.55 Å². The van der Waals surface area contributed by atoms with Gasteiger partial charge in [0.25, 0.3) is 0 Å². The van der Waals surface area contributed by atoms with E-state index in [9.17, 15) is 0 Å². The van der Waals surface area contributed by atoms with E-state index in [1.54, 1.807) is 0 Å². The maximum Gasteiger partial charge on any atom is 0.0436 e. The molecular weight excluding hydrogens is 196 g/mol. The van der Waals surface area contributed by atoms with Gasteiger partial charge < -0.3 is 4.57 Å². The number of pyridine rings is 1. The molecule has 0 aromatic carbocycles. The van der Waals surface area contributed by atoms with Crippen molar-refractivity contribution < 1.29 is 0 Å². The highest BCUT2D eigenvalue weighted by molar-refractivity contribution is 5.70. The maximum absolute atomic E-state index is 4.03. The van der Waals surface area contributed by atoms with Crippen LogP contribution in [0.5, 0.6) is 0 Å². The van der Waals surface area contributed by atoms with Crippen LogP contribution >= 0.6 is 0 Å². The largest absolute Gasteiger partial charge is 0.350 e. The fourth-order valence-corrected chi connectivity index (χ4v) is 1.81. The summed E-state index contributed by atoms with van der Waals surface area (Å²) in [4.78, 5) is 4.03. The second-order valence-electron chi connectivity index (χ2n) is 3.93. The Bertz CT molecular complexity index is 507. The number of nitrogens with zero attached hydrogens (tertiary/aromatic N) is 2. The fraction of sp³-hybridized carbons (Fsp3) is 0.214. The Hall–Kier alpha value is -1.83. The Balaban J connectivity index is 2.46. The highest BCUT2D eigenvalue weighted by atomic mass is 14.9. The number of allylic oxidation sites excluding steroid dienone is 2. The Kier molecular flexibility index (Phi) is 2.91. The van der Waals surface area contributed by atoms with Gasteiger partial charge in [-0.3, -0.25) is 4.98 Å². The van der Waals surface area contributed by atoms with E-state index in [0.29, 0.717) is 0 Å². The molecule has 0 saturated heterocycles. The molecule has 2 heterocycles. The standard InChI is InChI=1S/C14H16N2/c1-4-11(2)14-9-13(10-16(14)3)12-5-7-15-8-6-12/h4-10H,1-3H3/b11-4-. The van der Waals surface area contributed by atoms with E-state index >= 15 is 0 Å². The highest BCUT2D eigenvalue weighted by Gasteiger charge is 2.05. The van der Waals surface area contributed by atoms with Gasteiger partial charge >= 0.3 is 0 Å². The molecule has 0 N–H and O–H groups in total. The molecule has 0 aliphatic rings. The summed E-state index contributed by atoms with van der Waals surface area (Å²) in [7, 11) is 2.08. The van der Waals surface area contributed by atoms with Crippen molar-refractivity contribution in [3.63, 3.8) is 0 Å². The lowest BCUT2D eigenvalue weighted by Gasteiger charge is -2.00. The molecule has 0 spiro atoms. The molecule has 2 aromatic heterocycles. The van der Waals surface area contributed by atoms with Gasteiger partial charge in [0.2, 0.25) is 0 Å². The van der Waals surface area contributed by atoms with E-state index in [0.717, 1.165) is 0 Å². The van der Waals surface area contributed by atoms with Gasteiger partial charge in [-0.1, -0.05) is 6.08 Å². The van der Waals surface area contributed by atoms with E-state index < -0.39 is 0 Å². The average molecular weight is 212 g/mol. The quantitative estimate of drug-likeness (QED) is 0.744. The smallest absolute Gasteiger partial charge is 0.0436 e. The predicted octanol–water partition coefficient (Wildman–Crippen LogP) is 3.51. The van der Waals surface area contributed by atoms with Gasteiger partial charge in [0.15, 0.2) is 0 Å². The summed E-state index contributed by atoms with van der Waals surface area (Å²) in [5.74, 6) is 0. The number of aryl methyl sites for hydroxylation is 1. The Morgan fingerprint density at radius 1 is 1.25 bits per heavy atom. The topological polar surface area (TPSA) is 17.8 Å². The van der Waals surface area contributed by atoms with E-state index in [2.05, 4.69) is 48.8 Å². The van der Waals surface area contributed by atoms with Crippen molar-refractivity contribution in [3.05, 3.63) is 48.6 Å². The third-order valence-corrected chi connectivity index (χ3v) is 2.86. The normalized spacial score (nSPS) is 11.8. The van der Waals surface area contributed by atoms with Crippen LogP contribution in [0.25, 0.3) is 16.7 Å². The average Bonchev–Trinajstić information content (AvgIpc) is 2.71. The molecule has 2 rings (SSSR count). The van der Waals surface area contributed by atoms with Crippen LogP contribution in [-0.2, 0) is 7.05 Å². The van der Waals surface area contributed by atoms with Gasteiger partial charge in [0, 0.05) is 36.9 Å². The second kappa shape index (κ2) is 4.35. The Morgan fingerprint density at radius 2 is 1.94 bits per heavy atom. The molecule has 0 atom stereocenters. The van der Waals surface area contributed by atoms with Crippen molar-refractivity contribution in [2.24, 2.45) is 7.05 Å². The van der Waals surface area contributed by atoms with Crippen molar-refractivity contribution in [2.75, 3.05) is 0 Å². The minimum atomic E-state index is 1.21. The van der Waals surface area contributed by atoms with Crippen LogP contribution in [0.1, 0.15) is 19.5 Å². The third kappa shape index (κ3) is 1.91. The zero-order chi connectivity index (χ0) is 11.5. The SMILES string of the molecule is C/C=C(/C)c1cc(-c2ccncc2)cn1C. The molecule has 82 valence electrons. The first-order valence-corrected chi connectivity index (χ1v) is 5.42. The zero-order valence-electron chi connectivity index (χ0n) is 9.94. The highest BCUT2D eigenvalue weighted by Crippen LogP contribution is 2.24. The molecule has 0 aliphatic heterocycles. The lowest BCUT2D eigenvalue weighted by atomic mass is 10.1. The van der Waals surface area contributed by atoms with E-state index in [1.807, 2.05) is 24.5 Å². The summed E-state index contributed by atoms with van der Waals surface area (Å²) in [6.45, 7) is 4.19. The monoisotopic (exact) mass is 212 g/mol. The van der Waals surface area contributed by atoms with Gasteiger partial charge in [-0.15, -0.1) is 0 Å². The molecule has 2 aromatic rings. The van der Waals surface area contributed by atoms with Gasteiger partial charge in [-0.05, 0) is 43.2 Å². The molecule has 0 saturated carbocycles. The summed E-state index contributed by atoms with van der Waals surface area (Å²) < 4.78 is 2.16. The molecule has 16 heavy (non-hydrogen) atoms. The molecule has 0 radical (unpaired) electrons. The fourth-order valence-electron chi connectivity index (χ4n) is 1.81. The number of hydrogen-bond donors (Lipinski definition) is 0. The summed E-state index contributed by atoms with van der Waals surface area (Å²) in [6, 6.07) is 6.28. The van der Waals surface area contributed by atoms with Crippen LogP contribution in [0.2, 0.25) is 0 Å². The second-order valence-corrected chi connectivity index (χ2v) is 3.93. The van der Waals surface area contributed by atoms with Crippen molar-refractivity contribution in [2.45, 2.75) is 13.8 Å². The van der Waals surface area contributed by atoms with E-state index in [1.165, 1.54) is 22.4 Å². The van der Waals surface area contributed by atoms with Crippen LogP contribution in [0, 0.1) is 0 Å². The number of aromatic nitrogens is 2. The molecule has 0 aliphatic carbocycles. The zero-order valence-corrected chi connectivity index (χ0v) is 9.94. The van der Waals surface area contributed by atoms with Crippen LogP contribution in [0.4, 0.5) is 0 Å². The van der Waals surface area contributed by atoms with Gasteiger partial charge in [0.1, 0.15) is 0 Å². The molecule has 0 fully saturated rings. The Morgan fingerprint density at radius 3 is 2.56 bits per heavy atom. The van der Waals surface area contributed by atoms with Crippen LogP contribution in [0.15, 0.2) is 42.9 Å². The van der Waals surface area contributed by atoms with Crippen molar-refractivity contribution in [1.29, 1.82) is 0 Å². The molecule has 0 unspecified atom stereocenters. The number of rotatable bonds is 2. The molecule has 0 amide bonds. The predicted molar refractivity (Wildman–Crippen MR) is 68.0 cm³/mol. The summed E-state index contributed by atoms with van der Waals surface area (Å²) >= 11 is 0. The minimum absolute atomic E-state index is 1.21. The first-order valence-electron chi connectivity index (χ1n) is 5.42. The first-order chi connectivity index (χ1) is 7.72. The van der Waals surface area contributed by atoms with E-state index in [-0.39, 0.29) is 0 Å². The van der Waals surface area contributed by atoms with Gasteiger partial charge in [-0.25, -0.2) is 0 Å². The molecule has 2 nitrogen and oxygen atoms in total. The van der Waals surface area contributed by atoms with Gasteiger partial charge in [-0.2, -0.15) is 0 Å². The molecular formula is C14H16N2.